The van der Waals surface area contributed by atoms with Crippen LogP contribution in [-0.2, 0) is 180 Å². The third-order valence-electron chi connectivity index (χ3n) is 0. The van der Waals surface area contributed by atoms with Gasteiger partial charge in [0.15, 0.2) is 0 Å². The maximum atomic E-state index is 0. The van der Waals surface area contributed by atoms with Crippen LogP contribution < -0.4 is 0 Å². The molecule has 0 unspecified atom stereocenters. The molecule has 0 spiro atoms. The van der Waals surface area contributed by atoms with Gasteiger partial charge in [-0.1, -0.05) is 0 Å². The molecule has 11 heteroatoms. The maximum Gasteiger partial charge on any atom is 3.00 e. The van der Waals surface area contributed by atoms with Crippen molar-refractivity contribution >= 4 is 0 Å². The zero-order valence-electron chi connectivity index (χ0n) is 5.45. The van der Waals surface area contributed by atoms with Crippen molar-refractivity contribution < 1.29 is 180 Å². The van der Waals surface area contributed by atoms with Crippen LogP contribution in [0.3, 0.4) is 0 Å². The van der Waals surface area contributed by atoms with Crippen LogP contribution in [0.2, 0.25) is 0 Å². The van der Waals surface area contributed by atoms with Crippen molar-refractivity contribution in [3.8, 4) is 0 Å². The molecule has 0 saturated heterocycles. The summed E-state index contributed by atoms with van der Waals surface area (Å²) in [6.45, 7) is 0. The van der Waals surface area contributed by atoms with Gasteiger partial charge in [-0.25, -0.2) is 0 Å². The van der Waals surface area contributed by atoms with Gasteiger partial charge in [-0.3, -0.25) is 0 Å². The first-order chi connectivity index (χ1) is 0. The normalized spacial score (nSPS) is 0. The minimum atomic E-state index is 0. The van der Waals surface area contributed by atoms with E-state index < -0.39 is 0 Å². The predicted molar refractivity (Wildman–Crippen MR) is 12.1 cm³/mol. The van der Waals surface area contributed by atoms with Gasteiger partial charge >= 0.3 is 164 Å². The van der Waals surface area contributed by atoms with Crippen LogP contribution in [0.1, 0.15) is 0 Å². The van der Waals surface area contributed by atoms with E-state index in [-0.39, 0.29) is 198 Å². The summed E-state index contributed by atoms with van der Waals surface area (Å²) < 4.78 is 0. The predicted octanol–water partition coefficient (Wildman–Crippen LogP) is 0.497. The van der Waals surface area contributed by atoms with Gasteiger partial charge in [0.25, 0.3) is 0 Å². The van der Waals surface area contributed by atoms with Gasteiger partial charge in [0.05, 0.1) is 0 Å². The van der Waals surface area contributed by atoms with Crippen molar-refractivity contribution in [2.45, 2.75) is 0 Å². The molecule has 0 bridgehead atoms. The molecule has 48 valence electrons. The van der Waals surface area contributed by atoms with E-state index in [1.165, 1.54) is 0 Å². The standard InChI is InChI=1S/3N.3O.5Y/q3*-3;3*-2;5*+3. The monoisotopic (exact) mass is 535 g/mol. The average Bonchev–Trinajstić information content (AvgIpc) is 0. The van der Waals surface area contributed by atoms with Crippen LogP contribution in [0.5, 0.6) is 0 Å². The van der Waals surface area contributed by atoms with Crippen molar-refractivity contribution in [1.82, 2.24) is 0 Å². The summed E-state index contributed by atoms with van der Waals surface area (Å²) in [6.07, 6.45) is 0. The Kier molecular flexibility index (Phi) is 1390. The minimum Gasteiger partial charge on any atom is -3.00 e. The average molecular weight is 535 g/mol. The van der Waals surface area contributed by atoms with Crippen molar-refractivity contribution in [2.24, 2.45) is 0 Å². The molecule has 0 heterocycles. The zero-order chi connectivity index (χ0) is 0. The molecule has 0 saturated carbocycles. The van der Waals surface area contributed by atoms with Crippen molar-refractivity contribution in [2.75, 3.05) is 0 Å². The molecule has 0 aliphatic carbocycles. The van der Waals surface area contributed by atoms with Crippen molar-refractivity contribution in [3.05, 3.63) is 18.5 Å². The topological polar surface area (TPSA) is 177 Å². The number of hydrogen-bond donors (Lipinski definition) is 0. The number of hydrogen-bond acceptors (Lipinski definition) is 0. The third-order valence-corrected chi connectivity index (χ3v) is 0. The zero-order valence-corrected chi connectivity index (χ0v) is 19.6. The molecule has 0 N–H and O–H groups in total. The molecule has 0 atom stereocenters. The first-order valence-electron chi connectivity index (χ1n) is 0. The SMILES string of the molecule is [N-3].[N-3].[N-3].[O-2].[O-2].[O-2].[Y+3].[Y+3].[Y+3].[Y+3].[Y+3]. The van der Waals surface area contributed by atoms with Crippen LogP contribution in [0, 0.1) is 0 Å². The Morgan fingerprint density at radius 1 is 0.273 bits per heavy atom. The molecular weight excluding hydrogens is 535 g/mol. The summed E-state index contributed by atoms with van der Waals surface area (Å²) in [7, 11) is 0. The van der Waals surface area contributed by atoms with E-state index in [2.05, 4.69) is 0 Å². The Balaban J connectivity index is 0. The van der Waals surface area contributed by atoms with E-state index >= 15 is 0 Å². The molecule has 0 rings (SSSR count). The van der Waals surface area contributed by atoms with Crippen LogP contribution in [0.4, 0.5) is 0 Å². The molecule has 0 aromatic carbocycles. The van der Waals surface area contributed by atoms with Crippen LogP contribution in [0.25, 0.3) is 18.5 Å². The first-order valence-corrected chi connectivity index (χ1v) is 0. The Labute approximate surface area is 193 Å². The fraction of sp³-hybridized carbons (Fsp3) is 0. The molecule has 0 aromatic heterocycles. The molecule has 0 fully saturated rings. The first kappa shape index (κ1) is 136. The molecule has 11 heavy (non-hydrogen) atoms. The Bertz CT molecular complexity index is 16.9. The van der Waals surface area contributed by atoms with Gasteiger partial charge in [-0.15, -0.1) is 0 Å². The minimum absolute atomic E-state index is 0. The second kappa shape index (κ2) is 112. The van der Waals surface area contributed by atoms with E-state index in [0.717, 1.165) is 0 Å². The van der Waals surface area contributed by atoms with Gasteiger partial charge in [-0.2, -0.15) is 0 Å². The van der Waals surface area contributed by atoms with Crippen LogP contribution >= 0.6 is 0 Å². The summed E-state index contributed by atoms with van der Waals surface area (Å²) in [5.74, 6) is 0. The summed E-state index contributed by atoms with van der Waals surface area (Å²) in [4.78, 5) is 0. The maximum absolute atomic E-state index is 0. The summed E-state index contributed by atoms with van der Waals surface area (Å²) >= 11 is 0. The Hall–Kier alpha value is 5.28. The van der Waals surface area contributed by atoms with Crippen molar-refractivity contribution in [1.29, 1.82) is 0 Å². The molecule has 0 aliphatic rings. The molecule has 0 aromatic rings. The summed E-state index contributed by atoms with van der Waals surface area (Å²) in [5, 5.41) is 0. The number of nitrogens with zero attached hydrogens (tertiary/aromatic N) is 3. The van der Waals surface area contributed by atoms with E-state index in [1.807, 2.05) is 0 Å². The van der Waals surface area contributed by atoms with Crippen molar-refractivity contribution in [3.63, 3.8) is 0 Å². The van der Waals surface area contributed by atoms with E-state index in [1.54, 1.807) is 0 Å². The molecule has 0 aliphatic heterocycles. The van der Waals surface area contributed by atoms with Crippen LogP contribution in [-0.4, -0.2) is 0 Å². The quantitative estimate of drug-likeness (QED) is 0.421. The van der Waals surface area contributed by atoms with Gasteiger partial charge in [-0.05, 0) is 0 Å². The van der Waals surface area contributed by atoms with Crippen LogP contribution in [0.15, 0.2) is 0 Å². The Morgan fingerprint density at radius 2 is 0.273 bits per heavy atom. The number of rotatable bonds is 0. The van der Waals surface area contributed by atoms with E-state index in [4.69, 9.17) is 0 Å². The molecule has 0 radical (unpaired) electrons. The van der Waals surface area contributed by atoms with Gasteiger partial charge < -0.3 is 34.9 Å². The van der Waals surface area contributed by atoms with E-state index in [0.29, 0.717) is 0 Å². The molecule has 6 nitrogen and oxygen atoms in total. The summed E-state index contributed by atoms with van der Waals surface area (Å²) in [5.41, 5.74) is 0. The fourth-order valence-electron chi connectivity index (χ4n) is 0. The van der Waals surface area contributed by atoms with E-state index in [9.17, 15) is 0 Å². The smallest absolute Gasteiger partial charge is 3.00 e. The van der Waals surface area contributed by atoms with Gasteiger partial charge in [0.2, 0.25) is 0 Å². The molecule has 0 amide bonds. The largest absolute Gasteiger partial charge is 3.00 e. The second-order valence-corrected chi connectivity index (χ2v) is 0. The Morgan fingerprint density at radius 3 is 0.273 bits per heavy atom. The van der Waals surface area contributed by atoms with Gasteiger partial charge in [0.1, 0.15) is 0 Å². The summed E-state index contributed by atoms with van der Waals surface area (Å²) in [6, 6.07) is 0. The fourth-order valence-corrected chi connectivity index (χ4v) is 0. The third kappa shape index (κ3) is 96.7. The van der Waals surface area contributed by atoms with Gasteiger partial charge in [0, 0.05) is 0 Å². The second-order valence-electron chi connectivity index (χ2n) is 0. The molecular formula is N3O3Y5.